The van der Waals surface area contributed by atoms with Crippen LogP contribution >= 0.6 is 34.5 Å². The predicted molar refractivity (Wildman–Crippen MR) is 125 cm³/mol. The van der Waals surface area contributed by atoms with Crippen molar-refractivity contribution in [2.24, 2.45) is 0 Å². The van der Waals surface area contributed by atoms with Gasteiger partial charge >= 0.3 is 5.97 Å². The fourth-order valence-electron chi connectivity index (χ4n) is 2.87. The third-order valence-electron chi connectivity index (χ3n) is 4.55. The van der Waals surface area contributed by atoms with E-state index in [0.717, 1.165) is 15.6 Å². The Balaban J connectivity index is 1.88. The van der Waals surface area contributed by atoms with Gasteiger partial charge in [0.05, 0.1) is 10.6 Å². The fraction of sp³-hybridized carbons (Fsp3) is 0.143. The number of carboxylic acid groups (broad SMARTS) is 1. The summed E-state index contributed by atoms with van der Waals surface area (Å²) < 4.78 is 27.8. The molecule has 3 aromatic rings. The summed E-state index contributed by atoms with van der Waals surface area (Å²) in [4.78, 5) is 23.8. The molecule has 1 amide bonds. The first kappa shape index (κ1) is 24.1. The van der Waals surface area contributed by atoms with Gasteiger partial charge in [0.15, 0.2) is 0 Å². The van der Waals surface area contributed by atoms with Gasteiger partial charge in [0.1, 0.15) is 11.4 Å². The van der Waals surface area contributed by atoms with E-state index >= 15 is 0 Å². The van der Waals surface area contributed by atoms with Crippen LogP contribution in [0.2, 0.25) is 10.0 Å². The minimum atomic E-state index is -4.12. The molecule has 0 aliphatic carbocycles. The Morgan fingerprint density at radius 3 is 2.44 bits per heavy atom. The van der Waals surface area contributed by atoms with Crippen molar-refractivity contribution >= 4 is 62.1 Å². The molecule has 7 nitrogen and oxygen atoms in total. The first-order valence-corrected chi connectivity index (χ1v) is 12.3. The second-order valence-electron chi connectivity index (χ2n) is 6.75. The molecule has 0 radical (unpaired) electrons. The Bertz CT molecular complexity index is 1260. The summed E-state index contributed by atoms with van der Waals surface area (Å²) in [5.41, 5.74) is 1.38. The number of hydrogen-bond acceptors (Lipinski definition) is 5. The molecule has 168 valence electrons. The summed E-state index contributed by atoms with van der Waals surface area (Å²) in [6.07, 6.45) is 0. The molecule has 1 heterocycles. The monoisotopic (exact) mass is 512 g/mol. The molecule has 0 atom stereocenters. The van der Waals surface area contributed by atoms with Crippen LogP contribution in [0.3, 0.4) is 0 Å². The summed E-state index contributed by atoms with van der Waals surface area (Å²) in [7, 11) is -4.12. The Kier molecular flexibility index (Phi) is 7.45. The van der Waals surface area contributed by atoms with Gasteiger partial charge in [0.25, 0.3) is 10.0 Å². The highest BCUT2D eigenvalue weighted by Crippen LogP contribution is 2.31. The van der Waals surface area contributed by atoms with Gasteiger partial charge in [-0.1, -0.05) is 29.3 Å². The molecule has 0 saturated carbocycles. The number of anilines is 1. The molecule has 3 rings (SSSR count). The summed E-state index contributed by atoms with van der Waals surface area (Å²) in [6.45, 7) is 1.23. The zero-order chi connectivity index (χ0) is 23.5. The highest BCUT2D eigenvalue weighted by molar-refractivity contribution is 7.92. The molecular formula is C21H18Cl2N2O5S2. The maximum atomic E-state index is 13.4. The largest absolute Gasteiger partial charge is 0.477 e. The molecule has 11 heteroatoms. The van der Waals surface area contributed by atoms with Crippen molar-refractivity contribution in [1.82, 2.24) is 5.32 Å². The zero-order valence-corrected chi connectivity index (χ0v) is 19.9. The number of nitrogens with zero attached hydrogens (tertiary/aromatic N) is 1. The van der Waals surface area contributed by atoms with E-state index in [-0.39, 0.29) is 22.0 Å². The Morgan fingerprint density at radius 1 is 1.12 bits per heavy atom. The fourth-order valence-corrected chi connectivity index (χ4v) is 5.39. The minimum absolute atomic E-state index is 0.0296. The van der Waals surface area contributed by atoms with E-state index in [9.17, 15) is 18.0 Å². The molecule has 0 saturated heterocycles. The SMILES string of the molecule is Cc1c(Cl)cccc1N(CC(=O)NCc1csc(C(=O)O)c1)S(=O)(=O)c1ccc(Cl)cc1. The number of carbonyl (C=O) groups excluding carboxylic acids is 1. The number of aromatic carboxylic acids is 1. The van der Waals surface area contributed by atoms with Gasteiger partial charge < -0.3 is 10.4 Å². The summed E-state index contributed by atoms with van der Waals surface area (Å²) in [5.74, 6) is -1.62. The highest BCUT2D eigenvalue weighted by Gasteiger charge is 2.28. The lowest BCUT2D eigenvalue weighted by molar-refractivity contribution is -0.119. The van der Waals surface area contributed by atoms with Crippen molar-refractivity contribution in [1.29, 1.82) is 0 Å². The van der Waals surface area contributed by atoms with Crippen LogP contribution in [0.5, 0.6) is 0 Å². The summed E-state index contributed by atoms with van der Waals surface area (Å²) in [6, 6.07) is 11.9. The van der Waals surface area contributed by atoms with E-state index in [2.05, 4.69) is 5.32 Å². The number of halogens is 2. The van der Waals surface area contributed by atoms with Gasteiger partial charge in [-0.05, 0) is 65.9 Å². The normalized spacial score (nSPS) is 11.2. The van der Waals surface area contributed by atoms with Crippen molar-refractivity contribution in [2.45, 2.75) is 18.4 Å². The maximum absolute atomic E-state index is 13.4. The van der Waals surface area contributed by atoms with Crippen LogP contribution in [-0.4, -0.2) is 31.9 Å². The van der Waals surface area contributed by atoms with Gasteiger partial charge in [-0.25, -0.2) is 13.2 Å². The first-order chi connectivity index (χ1) is 15.1. The third-order valence-corrected chi connectivity index (χ3v) is 7.95. The molecule has 1 aromatic heterocycles. The molecule has 2 aromatic carbocycles. The molecule has 0 bridgehead atoms. The standard InChI is InChI=1S/C21H18Cl2N2O5S2/c1-13-17(23)3-2-4-18(13)25(32(29,30)16-7-5-15(22)6-8-16)11-20(26)24-10-14-9-19(21(27)28)31-12-14/h2-9,12H,10-11H2,1H3,(H,24,26)(H,27,28). The van der Waals surface area contributed by atoms with Crippen LogP contribution in [0, 0.1) is 6.92 Å². The molecule has 0 spiro atoms. The van der Waals surface area contributed by atoms with Crippen LogP contribution in [0.4, 0.5) is 5.69 Å². The maximum Gasteiger partial charge on any atom is 0.345 e. The Hall–Kier alpha value is -2.59. The molecular weight excluding hydrogens is 495 g/mol. The molecule has 2 N–H and O–H groups in total. The average molecular weight is 513 g/mol. The summed E-state index contributed by atoms with van der Waals surface area (Å²) >= 11 is 13.1. The van der Waals surface area contributed by atoms with Gasteiger partial charge in [-0.15, -0.1) is 11.3 Å². The van der Waals surface area contributed by atoms with Gasteiger partial charge in [-0.3, -0.25) is 9.10 Å². The second kappa shape index (κ2) is 9.91. The number of carbonyl (C=O) groups is 2. The van der Waals surface area contributed by atoms with Crippen LogP contribution in [0.25, 0.3) is 0 Å². The number of sulfonamides is 1. The number of nitrogens with one attached hydrogen (secondary N) is 1. The molecule has 0 aliphatic rings. The number of thiophene rings is 1. The zero-order valence-electron chi connectivity index (χ0n) is 16.7. The van der Waals surface area contributed by atoms with E-state index in [1.807, 2.05) is 0 Å². The summed E-state index contributed by atoms with van der Waals surface area (Å²) in [5, 5.41) is 14.0. The van der Waals surface area contributed by atoms with E-state index in [1.54, 1.807) is 30.5 Å². The van der Waals surface area contributed by atoms with Crippen LogP contribution in [0.1, 0.15) is 20.8 Å². The number of benzene rings is 2. The first-order valence-electron chi connectivity index (χ1n) is 9.20. The number of amides is 1. The molecule has 0 fully saturated rings. The average Bonchev–Trinajstić information content (AvgIpc) is 3.22. The lowest BCUT2D eigenvalue weighted by Gasteiger charge is -2.26. The smallest absolute Gasteiger partial charge is 0.345 e. The van der Waals surface area contributed by atoms with Crippen LogP contribution < -0.4 is 9.62 Å². The van der Waals surface area contributed by atoms with Gasteiger partial charge in [-0.2, -0.15) is 0 Å². The molecule has 0 aliphatic heterocycles. The third kappa shape index (κ3) is 5.42. The van der Waals surface area contributed by atoms with Crippen molar-refractivity contribution in [3.8, 4) is 0 Å². The predicted octanol–water partition coefficient (Wildman–Crippen LogP) is 4.57. The van der Waals surface area contributed by atoms with Crippen molar-refractivity contribution in [3.05, 3.63) is 80.0 Å². The lowest BCUT2D eigenvalue weighted by atomic mass is 10.2. The second-order valence-corrected chi connectivity index (χ2v) is 10.4. The van der Waals surface area contributed by atoms with E-state index in [4.69, 9.17) is 28.3 Å². The number of hydrogen-bond donors (Lipinski definition) is 2. The Labute approximate surface area is 199 Å². The minimum Gasteiger partial charge on any atom is -0.477 e. The van der Waals surface area contributed by atoms with Crippen molar-refractivity contribution in [3.63, 3.8) is 0 Å². The van der Waals surface area contributed by atoms with Crippen molar-refractivity contribution in [2.75, 3.05) is 10.8 Å². The van der Waals surface area contributed by atoms with E-state index in [1.165, 1.54) is 30.3 Å². The van der Waals surface area contributed by atoms with Gasteiger partial charge in [0, 0.05) is 16.6 Å². The number of rotatable bonds is 8. The quantitative estimate of drug-likeness (QED) is 0.459. The van der Waals surface area contributed by atoms with Crippen LogP contribution in [-0.2, 0) is 21.4 Å². The van der Waals surface area contributed by atoms with Crippen molar-refractivity contribution < 1.29 is 23.1 Å². The van der Waals surface area contributed by atoms with E-state index < -0.39 is 28.4 Å². The van der Waals surface area contributed by atoms with Crippen LogP contribution in [0.15, 0.2) is 58.8 Å². The topological polar surface area (TPSA) is 104 Å². The molecule has 0 unspecified atom stereocenters. The Morgan fingerprint density at radius 2 is 1.81 bits per heavy atom. The van der Waals surface area contributed by atoms with E-state index in [0.29, 0.717) is 21.2 Å². The number of carboxylic acids is 1. The molecule has 32 heavy (non-hydrogen) atoms. The van der Waals surface area contributed by atoms with Gasteiger partial charge in [0.2, 0.25) is 5.91 Å². The lowest BCUT2D eigenvalue weighted by Crippen LogP contribution is -2.41. The highest BCUT2D eigenvalue weighted by atomic mass is 35.5.